The summed E-state index contributed by atoms with van der Waals surface area (Å²) in [4.78, 5) is 0. The van der Waals surface area contributed by atoms with Gasteiger partial charge in [0.25, 0.3) is 10.2 Å². The monoisotopic (exact) mass is 377 g/mol. The highest BCUT2D eigenvalue weighted by molar-refractivity contribution is 7.87. The van der Waals surface area contributed by atoms with Crippen molar-refractivity contribution in [2.45, 2.75) is 39.9 Å². The number of aryl methyl sites for hydroxylation is 1. The van der Waals surface area contributed by atoms with E-state index in [1.807, 2.05) is 43.7 Å². The summed E-state index contributed by atoms with van der Waals surface area (Å²) in [6, 6.07) is 10.3. The molecular formula is C18H27N5O2S. The summed E-state index contributed by atoms with van der Waals surface area (Å²) in [5, 5.41) is 7.84. The first kappa shape index (κ1) is 19.0. The van der Waals surface area contributed by atoms with Gasteiger partial charge in [0, 0.05) is 43.5 Å². The average molecular weight is 378 g/mol. The molecule has 1 aromatic carbocycles. The van der Waals surface area contributed by atoms with E-state index in [0.29, 0.717) is 26.2 Å². The third-order valence-electron chi connectivity index (χ3n) is 4.81. The van der Waals surface area contributed by atoms with Crippen molar-refractivity contribution >= 4 is 10.2 Å². The van der Waals surface area contributed by atoms with E-state index in [4.69, 9.17) is 0 Å². The van der Waals surface area contributed by atoms with Crippen LogP contribution in [-0.4, -0.2) is 48.2 Å². The standard InChI is InChI=1S/C18H27N5O2S/c1-14-12-22(10-9-19-14)26(24,25)20-11-18-15(2)21-23(16(18)3)13-17-7-5-4-6-8-17/h4-8,14,19-20H,9-13H2,1-3H3. The fourth-order valence-corrected chi connectivity index (χ4v) is 4.53. The van der Waals surface area contributed by atoms with E-state index in [1.165, 1.54) is 9.87 Å². The SMILES string of the molecule is Cc1nn(Cc2ccccc2)c(C)c1CNS(=O)(=O)N1CCNC(C)C1. The Hall–Kier alpha value is -1.74. The number of benzene rings is 1. The van der Waals surface area contributed by atoms with Crippen molar-refractivity contribution in [3.63, 3.8) is 0 Å². The molecule has 2 heterocycles. The lowest BCUT2D eigenvalue weighted by Crippen LogP contribution is -2.54. The molecule has 1 aromatic heterocycles. The molecule has 0 radical (unpaired) electrons. The lowest BCUT2D eigenvalue weighted by Gasteiger charge is -2.30. The summed E-state index contributed by atoms with van der Waals surface area (Å²) in [7, 11) is -3.49. The van der Waals surface area contributed by atoms with Crippen LogP contribution in [0.1, 0.15) is 29.4 Å². The lowest BCUT2D eigenvalue weighted by atomic mass is 10.2. The summed E-state index contributed by atoms with van der Waals surface area (Å²) in [5.74, 6) is 0. The van der Waals surface area contributed by atoms with Crippen molar-refractivity contribution < 1.29 is 8.42 Å². The van der Waals surface area contributed by atoms with Crippen molar-refractivity contribution in [1.29, 1.82) is 0 Å². The van der Waals surface area contributed by atoms with Gasteiger partial charge < -0.3 is 5.32 Å². The van der Waals surface area contributed by atoms with Crippen LogP contribution in [0.25, 0.3) is 0 Å². The minimum atomic E-state index is -3.49. The second-order valence-corrected chi connectivity index (χ2v) is 8.59. The predicted molar refractivity (Wildman–Crippen MR) is 102 cm³/mol. The van der Waals surface area contributed by atoms with E-state index in [1.54, 1.807) is 0 Å². The predicted octanol–water partition coefficient (Wildman–Crippen LogP) is 1.18. The molecule has 3 rings (SSSR count). The molecule has 1 saturated heterocycles. The molecule has 1 fully saturated rings. The Bertz CT molecular complexity index is 848. The Morgan fingerprint density at radius 3 is 2.69 bits per heavy atom. The maximum atomic E-state index is 12.6. The van der Waals surface area contributed by atoms with E-state index in [2.05, 4.69) is 27.3 Å². The zero-order valence-electron chi connectivity index (χ0n) is 15.6. The summed E-state index contributed by atoms with van der Waals surface area (Å²) in [6.45, 7) is 8.48. The van der Waals surface area contributed by atoms with Gasteiger partial charge in [-0.05, 0) is 26.3 Å². The van der Waals surface area contributed by atoms with Crippen molar-refractivity contribution in [2.24, 2.45) is 0 Å². The molecule has 142 valence electrons. The van der Waals surface area contributed by atoms with E-state index in [-0.39, 0.29) is 12.6 Å². The molecule has 8 heteroatoms. The third-order valence-corrected chi connectivity index (χ3v) is 6.33. The minimum absolute atomic E-state index is 0.164. The molecule has 2 N–H and O–H groups in total. The van der Waals surface area contributed by atoms with Crippen LogP contribution in [0.4, 0.5) is 0 Å². The van der Waals surface area contributed by atoms with E-state index >= 15 is 0 Å². The van der Waals surface area contributed by atoms with Gasteiger partial charge in [0.15, 0.2) is 0 Å². The second kappa shape index (κ2) is 7.87. The first-order valence-corrected chi connectivity index (χ1v) is 10.4. The minimum Gasteiger partial charge on any atom is -0.312 e. The molecule has 0 aliphatic carbocycles. The Balaban J connectivity index is 1.70. The molecular weight excluding hydrogens is 350 g/mol. The van der Waals surface area contributed by atoms with E-state index in [9.17, 15) is 8.42 Å². The van der Waals surface area contributed by atoms with Gasteiger partial charge in [-0.3, -0.25) is 4.68 Å². The summed E-state index contributed by atoms with van der Waals surface area (Å²) < 4.78 is 31.3. The quantitative estimate of drug-likeness (QED) is 0.792. The summed E-state index contributed by atoms with van der Waals surface area (Å²) in [6.07, 6.45) is 0. The van der Waals surface area contributed by atoms with Crippen LogP contribution in [0.2, 0.25) is 0 Å². The summed E-state index contributed by atoms with van der Waals surface area (Å²) in [5.41, 5.74) is 3.95. The van der Waals surface area contributed by atoms with E-state index < -0.39 is 10.2 Å². The Morgan fingerprint density at radius 1 is 1.27 bits per heavy atom. The van der Waals surface area contributed by atoms with Crippen LogP contribution in [0.3, 0.4) is 0 Å². The number of hydrogen-bond donors (Lipinski definition) is 2. The van der Waals surface area contributed by atoms with E-state index in [0.717, 1.165) is 17.0 Å². The molecule has 0 spiro atoms. The molecule has 2 aromatic rings. The Morgan fingerprint density at radius 2 is 2.00 bits per heavy atom. The smallest absolute Gasteiger partial charge is 0.279 e. The zero-order chi connectivity index (χ0) is 18.7. The first-order chi connectivity index (χ1) is 12.4. The van der Waals surface area contributed by atoms with Gasteiger partial charge in [0.2, 0.25) is 0 Å². The highest BCUT2D eigenvalue weighted by Gasteiger charge is 2.27. The zero-order valence-corrected chi connectivity index (χ0v) is 16.4. The van der Waals surface area contributed by atoms with Crippen LogP contribution in [-0.2, 0) is 23.3 Å². The van der Waals surface area contributed by atoms with Gasteiger partial charge in [-0.15, -0.1) is 0 Å². The maximum Gasteiger partial charge on any atom is 0.279 e. The molecule has 1 aliphatic heterocycles. The number of nitrogens with zero attached hydrogens (tertiary/aromatic N) is 3. The lowest BCUT2D eigenvalue weighted by molar-refractivity contribution is 0.306. The number of aromatic nitrogens is 2. The average Bonchev–Trinajstić information content (AvgIpc) is 2.87. The van der Waals surface area contributed by atoms with Crippen molar-refractivity contribution in [3.8, 4) is 0 Å². The topological polar surface area (TPSA) is 79.3 Å². The number of rotatable bonds is 6. The molecule has 0 saturated carbocycles. The van der Waals surface area contributed by atoms with Gasteiger partial charge in [-0.1, -0.05) is 30.3 Å². The maximum absolute atomic E-state index is 12.6. The molecule has 0 amide bonds. The fourth-order valence-electron chi connectivity index (χ4n) is 3.27. The highest BCUT2D eigenvalue weighted by Crippen LogP contribution is 2.15. The molecule has 1 aliphatic rings. The van der Waals surface area contributed by atoms with Gasteiger partial charge in [0.05, 0.1) is 12.2 Å². The number of nitrogens with one attached hydrogen (secondary N) is 2. The summed E-state index contributed by atoms with van der Waals surface area (Å²) >= 11 is 0. The van der Waals surface area contributed by atoms with Crippen LogP contribution in [0, 0.1) is 13.8 Å². The fraction of sp³-hybridized carbons (Fsp3) is 0.500. The highest BCUT2D eigenvalue weighted by atomic mass is 32.2. The third kappa shape index (κ3) is 4.32. The van der Waals surface area contributed by atoms with Crippen molar-refractivity contribution in [2.75, 3.05) is 19.6 Å². The molecule has 1 atom stereocenters. The van der Waals surface area contributed by atoms with Crippen LogP contribution in [0.5, 0.6) is 0 Å². The number of piperazine rings is 1. The van der Waals surface area contributed by atoms with Crippen molar-refractivity contribution in [3.05, 3.63) is 52.8 Å². The number of hydrogen-bond acceptors (Lipinski definition) is 4. The van der Waals surface area contributed by atoms with Crippen molar-refractivity contribution in [1.82, 2.24) is 24.1 Å². The van der Waals surface area contributed by atoms with Gasteiger partial charge in [-0.2, -0.15) is 22.5 Å². The second-order valence-electron chi connectivity index (χ2n) is 6.83. The van der Waals surface area contributed by atoms with Gasteiger partial charge >= 0.3 is 0 Å². The molecule has 0 bridgehead atoms. The molecule has 1 unspecified atom stereocenters. The Labute approximate surface area is 155 Å². The molecule has 7 nitrogen and oxygen atoms in total. The van der Waals surface area contributed by atoms with Crippen LogP contribution in [0.15, 0.2) is 30.3 Å². The Kier molecular flexibility index (Phi) is 5.76. The normalized spacial score (nSPS) is 19.0. The largest absolute Gasteiger partial charge is 0.312 e. The van der Waals surface area contributed by atoms with Gasteiger partial charge in [0.1, 0.15) is 0 Å². The first-order valence-electron chi connectivity index (χ1n) is 8.92. The van der Waals surface area contributed by atoms with Gasteiger partial charge in [-0.25, -0.2) is 0 Å². The van der Waals surface area contributed by atoms with Crippen LogP contribution < -0.4 is 10.0 Å². The molecule has 26 heavy (non-hydrogen) atoms. The van der Waals surface area contributed by atoms with Crippen LogP contribution >= 0.6 is 0 Å².